The van der Waals surface area contributed by atoms with E-state index in [-0.39, 0.29) is 24.0 Å². The Morgan fingerprint density at radius 3 is 2.40 bits per heavy atom. The Kier molecular flexibility index (Phi) is 8.34. The number of nitrogens with one attached hydrogen (secondary N) is 3. The third kappa shape index (κ3) is 7.09. The number of carbonyl (C=O) groups excluding carboxylic acids is 1. The number of rotatable bonds is 8. The van der Waals surface area contributed by atoms with Crippen molar-refractivity contribution in [3.63, 3.8) is 0 Å². The zero-order valence-corrected chi connectivity index (χ0v) is 18.8. The molecule has 2 rings (SSSR count). The fourth-order valence-corrected chi connectivity index (χ4v) is 3.29. The van der Waals surface area contributed by atoms with Gasteiger partial charge in [-0.1, -0.05) is 69.8 Å². The number of hydrogen-bond acceptors (Lipinski definition) is 2. The zero-order valence-electron chi connectivity index (χ0n) is 18.0. The molecule has 0 radical (unpaired) electrons. The van der Waals surface area contributed by atoms with Gasteiger partial charge < -0.3 is 10.6 Å². The average molecular weight is 430 g/mol. The molecule has 2 aromatic rings. The number of amides is 2. The Morgan fingerprint density at radius 2 is 1.83 bits per heavy atom. The second-order valence-corrected chi connectivity index (χ2v) is 9.02. The molecule has 0 heterocycles. The third-order valence-corrected chi connectivity index (χ3v) is 5.29. The van der Waals surface area contributed by atoms with Crippen molar-refractivity contribution in [3.05, 3.63) is 76.9 Å². The van der Waals surface area contributed by atoms with Gasteiger partial charge in [0.25, 0.3) is 0 Å². The SMILES string of the molecule is C=Cc1cc([C@@H](C)NC(=O)NCc2ccc(C(C)(C)C)cc2)ccc1CNS(=O)O. The molecule has 6 nitrogen and oxygen atoms in total. The van der Waals surface area contributed by atoms with Crippen LogP contribution < -0.4 is 15.4 Å². The van der Waals surface area contributed by atoms with Gasteiger partial charge in [0.15, 0.2) is 0 Å². The van der Waals surface area contributed by atoms with E-state index in [9.17, 15) is 9.00 Å². The average Bonchev–Trinajstić information content (AvgIpc) is 2.70. The Hall–Kier alpha value is -2.48. The summed E-state index contributed by atoms with van der Waals surface area (Å²) in [6.45, 7) is 12.9. The number of carbonyl (C=O) groups is 1. The van der Waals surface area contributed by atoms with E-state index in [0.29, 0.717) is 6.54 Å². The van der Waals surface area contributed by atoms with Gasteiger partial charge in [0, 0.05) is 13.1 Å². The fourth-order valence-electron chi connectivity index (χ4n) is 3.01. The van der Waals surface area contributed by atoms with Crippen molar-refractivity contribution in [2.45, 2.75) is 52.2 Å². The summed E-state index contributed by atoms with van der Waals surface area (Å²) in [5.74, 6) is 0. The highest BCUT2D eigenvalue weighted by Crippen LogP contribution is 2.22. The van der Waals surface area contributed by atoms with E-state index >= 15 is 0 Å². The van der Waals surface area contributed by atoms with Gasteiger partial charge in [0.1, 0.15) is 0 Å². The van der Waals surface area contributed by atoms with E-state index in [1.165, 1.54) is 5.56 Å². The van der Waals surface area contributed by atoms with Gasteiger partial charge in [-0.05, 0) is 46.2 Å². The summed E-state index contributed by atoms with van der Waals surface area (Å²) in [5, 5.41) is 5.82. The Balaban J connectivity index is 1.93. The predicted molar refractivity (Wildman–Crippen MR) is 123 cm³/mol. The van der Waals surface area contributed by atoms with Crippen molar-refractivity contribution < 1.29 is 13.6 Å². The molecule has 0 saturated carbocycles. The summed E-state index contributed by atoms with van der Waals surface area (Å²) in [5.41, 5.74) is 5.02. The maximum Gasteiger partial charge on any atom is 0.315 e. The van der Waals surface area contributed by atoms with Crippen molar-refractivity contribution in [2.24, 2.45) is 0 Å². The Labute approximate surface area is 181 Å². The van der Waals surface area contributed by atoms with Crippen LogP contribution in [0.15, 0.2) is 49.0 Å². The first kappa shape index (κ1) is 23.8. The molecule has 0 aliphatic carbocycles. The molecular weight excluding hydrogens is 398 g/mol. The largest absolute Gasteiger partial charge is 0.334 e. The zero-order chi connectivity index (χ0) is 22.3. The van der Waals surface area contributed by atoms with Crippen molar-refractivity contribution >= 4 is 23.4 Å². The molecule has 0 saturated heterocycles. The van der Waals surface area contributed by atoms with Crippen LogP contribution in [-0.4, -0.2) is 14.8 Å². The molecule has 162 valence electrons. The summed E-state index contributed by atoms with van der Waals surface area (Å²) >= 11 is -2.07. The topological polar surface area (TPSA) is 90.5 Å². The van der Waals surface area contributed by atoms with Crippen LogP contribution in [0.25, 0.3) is 6.08 Å². The molecule has 0 bridgehead atoms. The van der Waals surface area contributed by atoms with Gasteiger partial charge in [-0.2, -0.15) is 0 Å². The van der Waals surface area contributed by atoms with Crippen LogP contribution in [-0.2, 0) is 29.8 Å². The van der Waals surface area contributed by atoms with Crippen molar-refractivity contribution in [1.82, 2.24) is 15.4 Å². The summed E-state index contributed by atoms with van der Waals surface area (Å²) in [6.07, 6.45) is 1.69. The van der Waals surface area contributed by atoms with Crippen LogP contribution in [0.5, 0.6) is 0 Å². The van der Waals surface area contributed by atoms with Crippen LogP contribution >= 0.6 is 0 Å². The molecule has 0 aliphatic heterocycles. The first-order valence-electron chi connectivity index (χ1n) is 9.83. The lowest BCUT2D eigenvalue weighted by atomic mass is 9.87. The van der Waals surface area contributed by atoms with E-state index in [1.54, 1.807) is 6.08 Å². The Bertz CT molecular complexity index is 905. The quantitative estimate of drug-likeness (QED) is 0.469. The van der Waals surface area contributed by atoms with Gasteiger partial charge in [-0.25, -0.2) is 13.7 Å². The molecule has 0 aromatic heterocycles. The van der Waals surface area contributed by atoms with Crippen molar-refractivity contribution in [3.8, 4) is 0 Å². The summed E-state index contributed by atoms with van der Waals surface area (Å²) in [4.78, 5) is 12.3. The summed E-state index contributed by atoms with van der Waals surface area (Å²) < 4.78 is 22.2. The van der Waals surface area contributed by atoms with E-state index in [1.807, 2.05) is 37.3 Å². The first-order chi connectivity index (χ1) is 14.1. The van der Waals surface area contributed by atoms with Crippen molar-refractivity contribution in [2.75, 3.05) is 0 Å². The molecule has 2 aromatic carbocycles. The molecule has 7 heteroatoms. The minimum absolute atomic E-state index is 0.101. The minimum atomic E-state index is -2.07. The second-order valence-electron chi connectivity index (χ2n) is 8.23. The van der Waals surface area contributed by atoms with E-state index in [0.717, 1.165) is 22.3 Å². The highest BCUT2D eigenvalue weighted by Gasteiger charge is 2.14. The standard InChI is InChI=1S/C23H31N3O3S/c1-6-18-13-19(9-10-20(18)15-25-30(28)29)16(2)26-22(27)24-14-17-7-11-21(12-8-17)23(3,4)5/h6-13,16,25H,1,14-15H2,2-5H3,(H,28,29)(H2,24,26,27)/t16-/m1/s1. The molecule has 1 unspecified atom stereocenters. The third-order valence-electron chi connectivity index (χ3n) is 4.90. The fraction of sp³-hybridized carbons (Fsp3) is 0.348. The van der Waals surface area contributed by atoms with Gasteiger partial charge in [0.2, 0.25) is 11.3 Å². The monoisotopic (exact) mass is 429 g/mol. The van der Waals surface area contributed by atoms with Gasteiger partial charge in [-0.3, -0.25) is 4.55 Å². The molecule has 2 amide bonds. The molecule has 0 fully saturated rings. The molecular formula is C23H31N3O3S. The van der Waals surface area contributed by atoms with E-state index < -0.39 is 11.3 Å². The second kappa shape index (κ2) is 10.5. The van der Waals surface area contributed by atoms with Gasteiger partial charge >= 0.3 is 6.03 Å². The first-order valence-corrected chi connectivity index (χ1v) is 10.9. The smallest absolute Gasteiger partial charge is 0.315 e. The Morgan fingerprint density at radius 1 is 1.17 bits per heavy atom. The molecule has 4 N–H and O–H groups in total. The predicted octanol–water partition coefficient (Wildman–Crippen LogP) is 4.41. The molecule has 2 atom stereocenters. The maximum absolute atomic E-state index is 12.3. The molecule has 30 heavy (non-hydrogen) atoms. The van der Waals surface area contributed by atoms with Gasteiger partial charge in [0.05, 0.1) is 6.04 Å². The highest BCUT2D eigenvalue weighted by molar-refractivity contribution is 7.77. The number of urea groups is 1. The normalized spacial score (nSPS) is 13.4. The van der Waals surface area contributed by atoms with E-state index in [4.69, 9.17) is 4.55 Å². The van der Waals surface area contributed by atoms with E-state index in [2.05, 4.69) is 54.8 Å². The lowest BCUT2D eigenvalue weighted by molar-refractivity contribution is 0.237. The van der Waals surface area contributed by atoms with Crippen molar-refractivity contribution in [1.29, 1.82) is 0 Å². The lowest BCUT2D eigenvalue weighted by Gasteiger charge is -2.19. The van der Waals surface area contributed by atoms with Crippen LogP contribution in [0.2, 0.25) is 0 Å². The number of benzene rings is 2. The number of hydrogen-bond donors (Lipinski definition) is 4. The summed E-state index contributed by atoms with van der Waals surface area (Å²) in [6, 6.07) is 13.5. The van der Waals surface area contributed by atoms with Crippen LogP contribution in [0.3, 0.4) is 0 Å². The summed E-state index contributed by atoms with van der Waals surface area (Å²) in [7, 11) is 0. The molecule has 0 spiro atoms. The lowest BCUT2D eigenvalue weighted by Crippen LogP contribution is -2.36. The highest BCUT2D eigenvalue weighted by atomic mass is 32.2. The van der Waals surface area contributed by atoms with Crippen LogP contribution in [0.1, 0.15) is 61.6 Å². The minimum Gasteiger partial charge on any atom is -0.334 e. The molecule has 0 aliphatic rings. The van der Waals surface area contributed by atoms with Gasteiger partial charge in [-0.15, -0.1) is 0 Å². The van der Waals surface area contributed by atoms with Crippen LogP contribution in [0, 0.1) is 0 Å². The van der Waals surface area contributed by atoms with Crippen LogP contribution in [0.4, 0.5) is 4.79 Å². The maximum atomic E-state index is 12.3.